The molecule has 0 bridgehead atoms. The van der Waals surface area contributed by atoms with Gasteiger partial charge >= 0.3 is 0 Å². The summed E-state index contributed by atoms with van der Waals surface area (Å²) in [6.45, 7) is 2.35. The van der Waals surface area contributed by atoms with Crippen molar-refractivity contribution in [3.05, 3.63) is 64.5 Å². The van der Waals surface area contributed by atoms with Crippen LogP contribution in [0.5, 0.6) is 5.75 Å². The molecule has 1 atom stereocenters. The molecule has 1 N–H and O–H groups in total. The summed E-state index contributed by atoms with van der Waals surface area (Å²) in [5, 5.41) is 4.01. The minimum atomic E-state index is -0.347. The SMILES string of the molecule is COc1ccc(F)cc1CNC(=O)CCC(C)n1ccc2cc(Br)ccc21. The molecule has 1 aromatic heterocycles. The lowest BCUT2D eigenvalue weighted by Crippen LogP contribution is -2.23. The smallest absolute Gasteiger partial charge is 0.220 e. The van der Waals surface area contributed by atoms with Crippen LogP contribution in [0.1, 0.15) is 31.4 Å². The van der Waals surface area contributed by atoms with Gasteiger partial charge in [-0.15, -0.1) is 0 Å². The second-order valence-corrected chi connectivity index (χ2v) is 7.46. The molecule has 1 amide bonds. The molecule has 142 valence electrons. The molecule has 0 aliphatic rings. The molecule has 0 radical (unpaired) electrons. The number of hydrogen-bond acceptors (Lipinski definition) is 2. The number of benzene rings is 2. The standard InChI is InChI=1S/C21H22BrFN2O2/c1-14(25-10-9-15-11-17(22)4-6-19(15)25)3-8-21(26)24-13-16-12-18(23)5-7-20(16)27-2/h4-7,9-12,14H,3,8,13H2,1-2H3,(H,24,26). The number of nitrogens with zero attached hydrogens (tertiary/aromatic N) is 1. The molecule has 0 fully saturated rings. The Labute approximate surface area is 166 Å². The van der Waals surface area contributed by atoms with Crippen molar-refractivity contribution in [2.24, 2.45) is 0 Å². The first-order chi connectivity index (χ1) is 13.0. The highest BCUT2D eigenvalue weighted by Crippen LogP contribution is 2.25. The molecule has 0 saturated carbocycles. The Morgan fingerprint density at radius 2 is 2.07 bits per heavy atom. The molecule has 2 aromatic carbocycles. The van der Waals surface area contributed by atoms with Crippen LogP contribution in [0.4, 0.5) is 4.39 Å². The topological polar surface area (TPSA) is 43.3 Å². The highest BCUT2D eigenvalue weighted by molar-refractivity contribution is 9.10. The van der Waals surface area contributed by atoms with Gasteiger partial charge in [0.15, 0.2) is 0 Å². The van der Waals surface area contributed by atoms with Gasteiger partial charge in [-0.3, -0.25) is 4.79 Å². The van der Waals surface area contributed by atoms with Crippen LogP contribution in [-0.4, -0.2) is 17.6 Å². The van der Waals surface area contributed by atoms with E-state index in [1.165, 1.54) is 24.6 Å². The Kier molecular flexibility index (Phi) is 6.16. The number of halogens is 2. The van der Waals surface area contributed by atoms with Gasteiger partial charge in [0.25, 0.3) is 0 Å². The largest absolute Gasteiger partial charge is 0.496 e. The van der Waals surface area contributed by atoms with Crippen molar-refractivity contribution in [1.82, 2.24) is 9.88 Å². The molecule has 1 heterocycles. The van der Waals surface area contributed by atoms with E-state index in [1.807, 2.05) is 6.07 Å². The Balaban J connectivity index is 1.56. The average molecular weight is 433 g/mol. The van der Waals surface area contributed by atoms with Crippen LogP contribution in [0.25, 0.3) is 10.9 Å². The molecule has 0 aliphatic carbocycles. The zero-order valence-electron chi connectivity index (χ0n) is 15.3. The molecule has 6 heteroatoms. The van der Waals surface area contributed by atoms with E-state index in [0.717, 1.165) is 9.99 Å². The van der Waals surface area contributed by atoms with Gasteiger partial charge in [0.2, 0.25) is 5.91 Å². The predicted octanol–water partition coefficient (Wildman–Crippen LogP) is 5.21. The predicted molar refractivity (Wildman–Crippen MR) is 108 cm³/mol. The summed E-state index contributed by atoms with van der Waals surface area (Å²) in [5.74, 6) is 0.155. The molecule has 0 aliphatic heterocycles. The third kappa shape index (κ3) is 4.69. The van der Waals surface area contributed by atoms with Gasteiger partial charge in [-0.1, -0.05) is 15.9 Å². The second-order valence-electron chi connectivity index (χ2n) is 6.55. The summed E-state index contributed by atoms with van der Waals surface area (Å²) in [4.78, 5) is 12.2. The van der Waals surface area contributed by atoms with E-state index in [9.17, 15) is 9.18 Å². The molecule has 0 spiro atoms. The van der Waals surface area contributed by atoms with E-state index in [1.54, 1.807) is 6.07 Å². The lowest BCUT2D eigenvalue weighted by Gasteiger charge is -2.15. The third-order valence-corrected chi connectivity index (χ3v) is 5.16. The van der Waals surface area contributed by atoms with Crippen LogP contribution < -0.4 is 10.1 Å². The Morgan fingerprint density at radius 3 is 2.85 bits per heavy atom. The quantitative estimate of drug-likeness (QED) is 0.556. The summed E-state index contributed by atoms with van der Waals surface area (Å²) < 4.78 is 21.8. The zero-order chi connectivity index (χ0) is 19.4. The Hall–Kier alpha value is -2.34. The zero-order valence-corrected chi connectivity index (χ0v) is 16.9. The van der Waals surface area contributed by atoms with Gasteiger partial charge in [-0.05, 0) is 55.8 Å². The molecule has 3 rings (SSSR count). The van der Waals surface area contributed by atoms with Crippen molar-refractivity contribution < 1.29 is 13.9 Å². The number of hydrogen-bond donors (Lipinski definition) is 1. The van der Waals surface area contributed by atoms with Crippen molar-refractivity contribution in [3.63, 3.8) is 0 Å². The Bertz CT molecular complexity index is 955. The number of carbonyl (C=O) groups is 1. The van der Waals surface area contributed by atoms with Crippen LogP contribution in [0.15, 0.2) is 53.1 Å². The average Bonchev–Trinajstić information content (AvgIpc) is 3.07. The molecule has 1 unspecified atom stereocenters. The van der Waals surface area contributed by atoms with Crippen molar-refractivity contribution in [2.45, 2.75) is 32.4 Å². The minimum Gasteiger partial charge on any atom is -0.496 e. The van der Waals surface area contributed by atoms with Gasteiger partial charge in [-0.2, -0.15) is 0 Å². The van der Waals surface area contributed by atoms with E-state index in [-0.39, 0.29) is 24.3 Å². The van der Waals surface area contributed by atoms with E-state index in [4.69, 9.17) is 4.74 Å². The van der Waals surface area contributed by atoms with Gasteiger partial charge in [-0.25, -0.2) is 4.39 Å². The number of rotatable bonds is 7. The van der Waals surface area contributed by atoms with Crippen molar-refractivity contribution in [1.29, 1.82) is 0 Å². The van der Waals surface area contributed by atoms with Crippen LogP contribution >= 0.6 is 15.9 Å². The number of aromatic nitrogens is 1. The maximum atomic E-state index is 13.4. The number of nitrogens with one attached hydrogen (secondary N) is 1. The fraction of sp³-hybridized carbons (Fsp3) is 0.286. The molecule has 4 nitrogen and oxygen atoms in total. The molecular formula is C21H22BrFN2O2. The second kappa shape index (κ2) is 8.57. The number of amides is 1. The molecular weight excluding hydrogens is 411 g/mol. The molecule has 27 heavy (non-hydrogen) atoms. The highest BCUT2D eigenvalue weighted by atomic mass is 79.9. The van der Waals surface area contributed by atoms with Crippen molar-refractivity contribution in [3.8, 4) is 5.75 Å². The van der Waals surface area contributed by atoms with Crippen molar-refractivity contribution in [2.75, 3.05) is 7.11 Å². The molecule has 3 aromatic rings. The molecule has 0 saturated heterocycles. The number of methoxy groups -OCH3 is 1. The van der Waals surface area contributed by atoms with E-state index in [0.29, 0.717) is 24.2 Å². The number of carbonyl (C=O) groups excluding carboxylic acids is 1. The lowest BCUT2D eigenvalue weighted by atomic mass is 10.1. The van der Waals surface area contributed by atoms with Gasteiger partial charge in [0.1, 0.15) is 11.6 Å². The number of fused-ring (bicyclic) bond motifs is 1. The fourth-order valence-corrected chi connectivity index (χ4v) is 3.54. The van der Waals surface area contributed by atoms with Crippen molar-refractivity contribution >= 4 is 32.7 Å². The van der Waals surface area contributed by atoms with E-state index < -0.39 is 0 Å². The minimum absolute atomic E-state index is 0.0626. The maximum absolute atomic E-state index is 13.4. The van der Waals surface area contributed by atoms with Gasteiger partial charge in [0, 0.05) is 46.1 Å². The first-order valence-corrected chi connectivity index (χ1v) is 9.62. The fourth-order valence-electron chi connectivity index (χ4n) is 3.17. The van der Waals surface area contributed by atoms with Gasteiger partial charge < -0.3 is 14.6 Å². The van der Waals surface area contributed by atoms with Crippen LogP contribution in [-0.2, 0) is 11.3 Å². The summed E-state index contributed by atoms with van der Waals surface area (Å²) >= 11 is 3.49. The Morgan fingerprint density at radius 1 is 1.26 bits per heavy atom. The van der Waals surface area contributed by atoms with Crippen LogP contribution in [0.2, 0.25) is 0 Å². The summed E-state index contributed by atoms with van der Waals surface area (Å²) in [5.41, 5.74) is 1.77. The first kappa shape index (κ1) is 19.4. The first-order valence-electron chi connectivity index (χ1n) is 8.83. The summed E-state index contributed by atoms with van der Waals surface area (Å²) in [6.07, 6.45) is 3.16. The summed E-state index contributed by atoms with van der Waals surface area (Å²) in [6, 6.07) is 12.7. The van der Waals surface area contributed by atoms with Crippen LogP contribution in [0.3, 0.4) is 0 Å². The third-order valence-electron chi connectivity index (χ3n) is 4.66. The highest BCUT2D eigenvalue weighted by Gasteiger charge is 2.12. The summed E-state index contributed by atoms with van der Waals surface area (Å²) in [7, 11) is 1.53. The number of ether oxygens (including phenoxy) is 1. The maximum Gasteiger partial charge on any atom is 0.220 e. The monoisotopic (exact) mass is 432 g/mol. The van der Waals surface area contributed by atoms with Crippen LogP contribution in [0, 0.1) is 5.82 Å². The van der Waals surface area contributed by atoms with E-state index in [2.05, 4.69) is 57.1 Å². The normalized spacial score (nSPS) is 12.1. The van der Waals surface area contributed by atoms with E-state index >= 15 is 0 Å². The van der Waals surface area contributed by atoms with Gasteiger partial charge in [0.05, 0.1) is 7.11 Å². The lowest BCUT2D eigenvalue weighted by molar-refractivity contribution is -0.121.